The molecular formula is C29H20BrClF3N3O5. The van der Waals surface area contributed by atoms with E-state index in [0.717, 1.165) is 16.1 Å². The number of allylic oxidation sites excluding steroid dienone is 6. The van der Waals surface area contributed by atoms with Crippen LogP contribution in [0.4, 0.5) is 19.0 Å². The number of imide groups is 1. The van der Waals surface area contributed by atoms with E-state index in [1.54, 1.807) is 18.2 Å². The van der Waals surface area contributed by atoms with Crippen molar-refractivity contribution in [3.8, 4) is 5.75 Å². The first kappa shape index (κ1) is 28.4. The van der Waals surface area contributed by atoms with E-state index in [1.807, 2.05) is 0 Å². The molecule has 0 saturated carbocycles. The van der Waals surface area contributed by atoms with E-state index in [-0.39, 0.29) is 45.0 Å². The normalized spacial score (nSPS) is 25.6. The van der Waals surface area contributed by atoms with Gasteiger partial charge in [0.2, 0.25) is 0 Å². The number of phenols is 1. The lowest BCUT2D eigenvalue weighted by Crippen LogP contribution is -2.46. The molecule has 3 aliphatic carbocycles. The van der Waals surface area contributed by atoms with E-state index >= 15 is 0 Å². The van der Waals surface area contributed by atoms with Gasteiger partial charge in [-0.3, -0.25) is 24.2 Å². The predicted molar refractivity (Wildman–Crippen MR) is 147 cm³/mol. The zero-order valence-corrected chi connectivity index (χ0v) is 24.0. The summed E-state index contributed by atoms with van der Waals surface area (Å²) in [4.78, 5) is 57.8. The highest BCUT2D eigenvalue weighted by Crippen LogP contribution is 2.55. The van der Waals surface area contributed by atoms with Crippen LogP contribution in [0.1, 0.15) is 30.0 Å². The van der Waals surface area contributed by atoms with Gasteiger partial charge in [-0.25, -0.2) is 4.98 Å². The van der Waals surface area contributed by atoms with Gasteiger partial charge in [0, 0.05) is 30.2 Å². The summed E-state index contributed by atoms with van der Waals surface area (Å²) in [6, 6.07) is 7.96. The maximum atomic E-state index is 14.0. The summed E-state index contributed by atoms with van der Waals surface area (Å²) >= 11 is 9.32. The largest absolute Gasteiger partial charge is 0.508 e. The van der Waals surface area contributed by atoms with Crippen LogP contribution < -0.4 is 5.01 Å². The maximum Gasteiger partial charge on any atom is 0.433 e. The van der Waals surface area contributed by atoms with Gasteiger partial charge in [-0.15, -0.1) is 0 Å². The molecule has 1 aliphatic heterocycles. The van der Waals surface area contributed by atoms with E-state index in [2.05, 4.69) is 20.9 Å². The van der Waals surface area contributed by atoms with Crippen molar-refractivity contribution >= 4 is 56.7 Å². The molecular weight excluding hydrogens is 643 g/mol. The SMILES string of the molecule is CN(c1nc(C(F)(F)F)ccc1Cl)N1C(=O)[C@H]2[C@H](CC=C3[C@H](c4cccc(O)c4)C4=C(C[C@H]32)C(=O)C(Br)=CC4=O)C1=O. The Morgan fingerprint density at radius 2 is 1.83 bits per heavy atom. The van der Waals surface area contributed by atoms with Crippen LogP contribution in [0.3, 0.4) is 0 Å². The molecule has 0 radical (unpaired) electrons. The second-order valence-corrected chi connectivity index (χ2v) is 11.8. The lowest BCUT2D eigenvalue weighted by molar-refractivity contribution is -0.141. The van der Waals surface area contributed by atoms with Gasteiger partial charge in [0.25, 0.3) is 11.8 Å². The lowest BCUT2D eigenvalue weighted by atomic mass is 9.59. The molecule has 1 fully saturated rings. The van der Waals surface area contributed by atoms with Gasteiger partial charge in [0.15, 0.2) is 17.4 Å². The summed E-state index contributed by atoms with van der Waals surface area (Å²) in [6.07, 6.45) is -1.66. The molecule has 0 bridgehead atoms. The van der Waals surface area contributed by atoms with Crippen molar-refractivity contribution in [2.75, 3.05) is 12.1 Å². The third kappa shape index (κ3) is 4.30. The quantitative estimate of drug-likeness (QED) is 0.271. The molecule has 2 heterocycles. The van der Waals surface area contributed by atoms with E-state index in [9.17, 15) is 37.5 Å². The Kier molecular flexibility index (Phi) is 6.69. The molecule has 1 N–H and O–H groups in total. The number of pyridine rings is 1. The Hall–Kier alpha value is -3.77. The summed E-state index contributed by atoms with van der Waals surface area (Å²) in [6.45, 7) is 0. The van der Waals surface area contributed by atoms with Gasteiger partial charge in [0.05, 0.1) is 21.3 Å². The number of hydrogen-bond acceptors (Lipinski definition) is 7. The van der Waals surface area contributed by atoms with Crippen molar-refractivity contribution in [3.05, 3.63) is 86.0 Å². The monoisotopic (exact) mass is 661 g/mol. The van der Waals surface area contributed by atoms with Crippen LogP contribution in [0.25, 0.3) is 0 Å². The molecule has 0 unspecified atom stereocenters. The second-order valence-electron chi connectivity index (χ2n) is 10.5. The summed E-state index contributed by atoms with van der Waals surface area (Å²) < 4.78 is 40.2. The number of rotatable bonds is 3. The maximum absolute atomic E-state index is 14.0. The smallest absolute Gasteiger partial charge is 0.433 e. The highest BCUT2D eigenvalue weighted by molar-refractivity contribution is 9.12. The molecule has 13 heteroatoms. The number of hydrogen-bond donors (Lipinski definition) is 1. The first-order valence-corrected chi connectivity index (χ1v) is 14.0. The molecule has 6 rings (SSSR count). The van der Waals surface area contributed by atoms with Gasteiger partial charge in [-0.2, -0.15) is 18.2 Å². The zero-order chi connectivity index (χ0) is 30.2. The molecule has 4 atom stereocenters. The number of alkyl halides is 3. The molecule has 2 aromatic rings. The van der Waals surface area contributed by atoms with Gasteiger partial charge < -0.3 is 5.11 Å². The Morgan fingerprint density at radius 3 is 2.52 bits per heavy atom. The summed E-state index contributed by atoms with van der Waals surface area (Å²) in [5.74, 6) is -5.85. The van der Waals surface area contributed by atoms with E-state index < -0.39 is 59.0 Å². The van der Waals surface area contributed by atoms with E-state index in [1.165, 1.54) is 25.3 Å². The Balaban J connectivity index is 1.43. The van der Waals surface area contributed by atoms with Crippen molar-refractivity contribution in [3.63, 3.8) is 0 Å². The van der Waals surface area contributed by atoms with Crippen LogP contribution in [0.15, 0.2) is 69.8 Å². The fraction of sp³-hybridized carbons (Fsp3) is 0.276. The number of nitrogens with zero attached hydrogens (tertiary/aromatic N) is 3. The molecule has 216 valence electrons. The van der Waals surface area contributed by atoms with Crippen LogP contribution in [0, 0.1) is 17.8 Å². The first-order chi connectivity index (χ1) is 19.8. The van der Waals surface area contributed by atoms with E-state index in [0.29, 0.717) is 17.2 Å². The minimum atomic E-state index is -4.78. The Labute approximate surface area is 250 Å². The summed E-state index contributed by atoms with van der Waals surface area (Å²) in [5, 5.41) is 11.7. The molecule has 42 heavy (non-hydrogen) atoms. The van der Waals surface area contributed by atoms with Gasteiger partial charge in [-0.05, 0) is 64.5 Å². The van der Waals surface area contributed by atoms with Crippen LogP contribution in [0.2, 0.25) is 5.02 Å². The van der Waals surface area contributed by atoms with Gasteiger partial charge >= 0.3 is 6.18 Å². The number of aromatic hydroxyl groups is 1. The van der Waals surface area contributed by atoms with E-state index in [4.69, 9.17) is 11.6 Å². The van der Waals surface area contributed by atoms with Crippen LogP contribution in [-0.4, -0.2) is 45.5 Å². The lowest BCUT2D eigenvalue weighted by Gasteiger charge is -2.42. The topological polar surface area (TPSA) is 108 Å². The minimum Gasteiger partial charge on any atom is -0.508 e. The average Bonchev–Trinajstić information content (AvgIpc) is 3.19. The first-order valence-electron chi connectivity index (χ1n) is 12.8. The van der Waals surface area contributed by atoms with Gasteiger partial charge in [0.1, 0.15) is 11.4 Å². The molecule has 1 saturated heterocycles. The number of fused-ring (bicyclic) bond motifs is 3. The number of aromatic nitrogens is 1. The molecule has 1 aromatic heterocycles. The highest BCUT2D eigenvalue weighted by Gasteiger charge is 2.57. The third-order valence-corrected chi connectivity index (χ3v) is 9.12. The number of ketones is 2. The van der Waals surface area contributed by atoms with Gasteiger partial charge in [-0.1, -0.05) is 35.4 Å². The molecule has 0 spiro atoms. The minimum absolute atomic E-state index is 0.00427. The number of halogens is 5. The van der Waals surface area contributed by atoms with Crippen LogP contribution >= 0.6 is 27.5 Å². The van der Waals surface area contributed by atoms with Crippen molar-refractivity contribution in [2.45, 2.75) is 24.9 Å². The molecule has 2 amide bonds. The molecule has 1 aromatic carbocycles. The fourth-order valence-corrected chi connectivity index (χ4v) is 7.16. The number of phenolic OH excluding ortho intramolecular Hbond substituents is 1. The van der Waals surface area contributed by atoms with Crippen LogP contribution in [-0.2, 0) is 25.4 Å². The number of carbonyl (C=O) groups excluding carboxylic acids is 4. The zero-order valence-electron chi connectivity index (χ0n) is 21.7. The Bertz CT molecular complexity index is 1700. The molecule has 4 aliphatic rings. The number of anilines is 1. The van der Waals surface area contributed by atoms with Crippen molar-refractivity contribution < 1.29 is 37.5 Å². The Morgan fingerprint density at radius 1 is 1.10 bits per heavy atom. The second kappa shape index (κ2) is 9.91. The predicted octanol–water partition coefficient (Wildman–Crippen LogP) is 5.27. The van der Waals surface area contributed by atoms with Crippen LogP contribution in [0.5, 0.6) is 5.75 Å². The van der Waals surface area contributed by atoms with Crippen molar-refractivity contribution in [1.82, 2.24) is 9.99 Å². The number of hydrazine groups is 1. The van der Waals surface area contributed by atoms with Crippen molar-refractivity contribution in [1.29, 1.82) is 0 Å². The van der Waals surface area contributed by atoms with Crippen molar-refractivity contribution in [2.24, 2.45) is 17.8 Å². The average molecular weight is 663 g/mol. The fourth-order valence-electron chi connectivity index (χ4n) is 6.48. The molecule has 8 nitrogen and oxygen atoms in total. The number of amides is 2. The highest BCUT2D eigenvalue weighted by atomic mass is 79.9. The number of Topliss-reactive ketones (excluding diaryl/α,β-unsaturated/α-hetero) is 1. The summed E-state index contributed by atoms with van der Waals surface area (Å²) in [5.41, 5.74) is 0.416. The number of benzene rings is 1. The standard InChI is InChI=1S/C29H20BrClF3N3O5/c1-36(26-19(31)7-8-21(35-26)29(32,33)34)37-27(41)15-6-5-14-16(23(15)28(37)42)10-17-24(20(39)11-18(30)25(17)40)22(14)12-3-2-4-13(38)9-12/h2-5,7-9,11,15-16,22-23,38H,6,10H2,1H3/t15-,16+,22-,23-/m0/s1. The third-order valence-electron chi connectivity index (χ3n) is 8.24. The summed E-state index contributed by atoms with van der Waals surface area (Å²) in [7, 11) is 1.23. The number of carbonyl (C=O) groups is 4.